The lowest BCUT2D eigenvalue weighted by molar-refractivity contribution is -0.145. The molecule has 0 amide bonds. The van der Waals surface area contributed by atoms with E-state index in [0.29, 0.717) is 6.42 Å². The summed E-state index contributed by atoms with van der Waals surface area (Å²) in [6.07, 6.45) is 0.00652. The number of ether oxygens (including phenoxy) is 2. The molecule has 0 aliphatic carbocycles. The first-order chi connectivity index (χ1) is 9.56. The van der Waals surface area contributed by atoms with Crippen LogP contribution in [0.25, 0.3) is 0 Å². The third-order valence-electron chi connectivity index (χ3n) is 3.62. The van der Waals surface area contributed by atoms with Crippen molar-refractivity contribution in [3.05, 3.63) is 47.7 Å². The van der Waals surface area contributed by atoms with Gasteiger partial charge < -0.3 is 14.6 Å². The van der Waals surface area contributed by atoms with E-state index >= 15 is 0 Å². The Bertz CT molecular complexity index is 540. The highest BCUT2D eigenvalue weighted by Gasteiger charge is 2.37. The predicted molar refractivity (Wildman–Crippen MR) is 74.7 cm³/mol. The second-order valence-electron chi connectivity index (χ2n) is 4.85. The van der Waals surface area contributed by atoms with Gasteiger partial charge in [-0.3, -0.25) is 4.79 Å². The van der Waals surface area contributed by atoms with E-state index in [4.69, 9.17) is 14.6 Å². The molecule has 1 fully saturated rings. The molecule has 1 saturated heterocycles. The van der Waals surface area contributed by atoms with Crippen LogP contribution < -0.4 is 4.74 Å². The minimum atomic E-state index is -0.877. The van der Waals surface area contributed by atoms with Gasteiger partial charge in [0.1, 0.15) is 5.75 Å². The number of hydrogen-bond donors (Lipinski definition) is 1. The number of hydrogen-bond acceptors (Lipinski definition) is 3. The Labute approximate surface area is 118 Å². The van der Waals surface area contributed by atoms with Crippen molar-refractivity contribution in [1.82, 2.24) is 0 Å². The van der Waals surface area contributed by atoms with E-state index < -0.39 is 18.0 Å². The molecule has 0 spiro atoms. The fraction of sp³-hybridized carbons (Fsp3) is 0.375. The Hall–Kier alpha value is -2.03. The maximum Gasteiger partial charge on any atom is 0.309 e. The molecular weight excluding hydrogens is 256 g/mol. The van der Waals surface area contributed by atoms with Crippen LogP contribution in [-0.2, 0) is 9.53 Å². The van der Waals surface area contributed by atoms with Crippen molar-refractivity contribution < 1.29 is 19.4 Å². The zero-order chi connectivity index (χ0) is 14.7. The van der Waals surface area contributed by atoms with Crippen molar-refractivity contribution in [2.75, 3.05) is 7.11 Å². The molecule has 0 radical (unpaired) electrons. The smallest absolute Gasteiger partial charge is 0.309 e. The summed E-state index contributed by atoms with van der Waals surface area (Å²) in [7, 11) is 1.62. The summed E-state index contributed by atoms with van der Waals surface area (Å²) < 4.78 is 11.0. The van der Waals surface area contributed by atoms with Gasteiger partial charge in [-0.1, -0.05) is 18.7 Å². The molecule has 1 N–H and O–H groups in total. The molecule has 1 aromatic rings. The van der Waals surface area contributed by atoms with Crippen LogP contribution in [0.1, 0.15) is 25.0 Å². The number of benzene rings is 1. The molecule has 106 valence electrons. The minimum absolute atomic E-state index is 0.156. The summed E-state index contributed by atoms with van der Waals surface area (Å²) in [4.78, 5) is 11.1. The van der Waals surface area contributed by atoms with Crippen molar-refractivity contribution >= 4 is 5.97 Å². The molecule has 20 heavy (non-hydrogen) atoms. The minimum Gasteiger partial charge on any atom is -0.497 e. The highest BCUT2D eigenvalue weighted by atomic mass is 16.5. The van der Waals surface area contributed by atoms with Gasteiger partial charge in [0.15, 0.2) is 0 Å². The SMILES string of the molecule is C=C=C1CC(c2ccc(OC)cc2)OC1C(C)C(=O)O. The van der Waals surface area contributed by atoms with Gasteiger partial charge in [-0.25, -0.2) is 0 Å². The highest BCUT2D eigenvalue weighted by Crippen LogP contribution is 2.39. The van der Waals surface area contributed by atoms with Gasteiger partial charge in [0.2, 0.25) is 0 Å². The van der Waals surface area contributed by atoms with Crippen LogP contribution in [0.4, 0.5) is 0 Å². The lowest BCUT2D eigenvalue weighted by Crippen LogP contribution is -2.26. The van der Waals surface area contributed by atoms with Crippen LogP contribution in [0.15, 0.2) is 42.1 Å². The maximum absolute atomic E-state index is 11.1. The van der Waals surface area contributed by atoms with E-state index in [9.17, 15) is 4.79 Å². The summed E-state index contributed by atoms with van der Waals surface area (Å²) in [5.41, 5.74) is 4.64. The first kappa shape index (κ1) is 14.4. The summed E-state index contributed by atoms with van der Waals surface area (Å²) in [5, 5.41) is 9.12. The normalized spacial score (nSPS) is 23.2. The van der Waals surface area contributed by atoms with Crippen LogP contribution in [0.3, 0.4) is 0 Å². The molecule has 1 aliphatic rings. The fourth-order valence-electron chi connectivity index (χ4n) is 2.36. The van der Waals surface area contributed by atoms with Gasteiger partial charge in [0, 0.05) is 12.0 Å². The molecule has 0 aromatic heterocycles. The van der Waals surface area contributed by atoms with Crippen LogP contribution in [0.5, 0.6) is 5.75 Å². The topological polar surface area (TPSA) is 55.8 Å². The molecular formula is C16H18O4. The van der Waals surface area contributed by atoms with E-state index in [1.165, 1.54) is 0 Å². The molecule has 1 aliphatic heterocycles. The molecule has 1 heterocycles. The van der Waals surface area contributed by atoms with Gasteiger partial charge in [-0.15, -0.1) is 5.73 Å². The Kier molecular flexibility index (Phi) is 4.28. The summed E-state index contributed by atoms with van der Waals surface area (Å²) in [6, 6.07) is 7.59. The standard InChI is InChI=1S/C16H18O4/c1-4-11-9-14(20-15(11)10(2)16(17)18)12-5-7-13(19-3)8-6-12/h5-8,10,14-15H,1,9H2,2-3H3,(H,17,18). The van der Waals surface area contributed by atoms with Crippen molar-refractivity contribution in [2.24, 2.45) is 5.92 Å². The molecule has 4 heteroatoms. The first-order valence-electron chi connectivity index (χ1n) is 6.47. The van der Waals surface area contributed by atoms with Gasteiger partial charge >= 0.3 is 5.97 Å². The fourth-order valence-corrected chi connectivity index (χ4v) is 2.36. The van der Waals surface area contributed by atoms with Crippen molar-refractivity contribution in [3.8, 4) is 5.75 Å². The van der Waals surface area contributed by atoms with E-state index in [1.54, 1.807) is 14.0 Å². The van der Waals surface area contributed by atoms with Crippen LogP contribution >= 0.6 is 0 Å². The van der Waals surface area contributed by atoms with Crippen LogP contribution in [0.2, 0.25) is 0 Å². The van der Waals surface area contributed by atoms with Gasteiger partial charge in [0.25, 0.3) is 0 Å². The van der Waals surface area contributed by atoms with Gasteiger partial charge in [-0.2, -0.15) is 0 Å². The van der Waals surface area contributed by atoms with Gasteiger partial charge in [-0.05, 0) is 24.6 Å². The molecule has 0 saturated carbocycles. The highest BCUT2D eigenvalue weighted by molar-refractivity contribution is 5.71. The average molecular weight is 274 g/mol. The van der Waals surface area contributed by atoms with Crippen molar-refractivity contribution in [3.63, 3.8) is 0 Å². The molecule has 3 atom stereocenters. The molecule has 1 aromatic carbocycles. The van der Waals surface area contributed by atoms with E-state index in [0.717, 1.165) is 16.9 Å². The Morgan fingerprint density at radius 2 is 2.15 bits per heavy atom. The zero-order valence-electron chi connectivity index (χ0n) is 11.6. The summed E-state index contributed by atoms with van der Waals surface area (Å²) >= 11 is 0. The lowest BCUT2D eigenvalue weighted by Gasteiger charge is -2.17. The second kappa shape index (κ2) is 5.95. The first-order valence-corrected chi connectivity index (χ1v) is 6.47. The molecule has 3 unspecified atom stereocenters. The zero-order valence-corrected chi connectivity index (χ0v) is 11.6. The number of rotatable bonds is 4. The van der Waals surface area contributed by atoms with Gasteiger partial charge in [0.05, 0.1) is 25.2 Å². The largest absolute Gasteiger partial charge is 0.497 e. The summed E-state index contributed by atoms with van der Waals surface area (Å²) in [6.45, 7) is 5.27. The maximum atomic E-state index is 11.1. The predicted octanol–water partition coefficient (Wildman–Crippen LogP) is 2.96. The second-order valence-corrected chi connectivity index (χ2v) is 4.85. The molecule has 4 nitrogen and oxygen atoms in total. The van der Waals surface area contributed by atoms with Crippen LogP contribution in [-0.4, -0.2) is 24.3 Å². The Morgan fingerprint density at radius 3 is 2.65 bits per heavy atom. The Morgan fingerprint density at radius 1 is 1.50 bits per heavy atom. The number of carboxylic acid groups (broad SMARTS) is 1. The lowest BCUT2D eigenvalue weighted by atomic mass is 9.96. The quantitative estimate of drug-likeness (QED) is 0.858. The van der Waals surface area contributed by atoms with E-state index in [2.05, 4.69) is 12.3 Å². The number of aliphatic carboxylic acids is 1. The Balaban J connectivity index is 2.19. The number of methoxy groups -OCH3 is 1. The third-order valence-corrected chi connectivity index (χ3v) is 3.62. The molecule has 2 rings (SSSR count). The average Bonchev–Trinajstić information content (AvgIpc) is 2.90. The molecule has 0 bridgehead atoms. The number of carbonyl (C=O) groups is 1. The monoisotopic (exact) mass is 274 g/mol. The van der Waals surface area contributed by atoms with E-state index in [1.807, 2.05) is 24.3 Å². The number of carboxylic acids is 1. The summed E-state index contributed by atoms with van der Waals surface area (Å²) in [5.74, 6) is -0.706. The van der Waals surface area contributed by atoms with Crippen molar-refractivity contribution in [2.45, 2.75) is 25.6 Å². The van der Waals surface area contributed by atoms with E-state index in [-0.39, 0.29) is 6.10 Å². The van der Waals surface area contributed by atoms with Crippen LogP contribution in [0, 0.1) is 5.92 Å². The third kappa shape index (κ3) is 2.77. The van der Waals surface area contributed by atoms with Crippen molar-refractivity contribution in [1.29, 1.82) is 0 Å².